The van der Waals surface area contributed by atoms with Crippen molar-refractivity contribution in [1.29, 1.82) is 0 Å². The molecule has 4 heteroatoms. The Morgan fingerprint density at radius 2 is 1.81 bits per heavy atom. The lowest BCUT2D eigenvalue weighted by atomic mass is 9.75. The number of ether oxygens (including phenoxy) is 2. The first-order valence-electron chi connectivity index (χ1n) is 11.7. The Bertz CT molecular complexity index is 1010. The van der Waals surface area contributed by atoms with Gasteiger partial charge in [-0.3, -0.25) is 0 Å². The highest BCUT2D eigenvalue weighted by Crippen LogP contribution is 2.35. The Morgan fingerprint density at radius 3 is 2.52 bits per heavy atom. The summed E-state index contributed by atoms with van der Waals surface area (Å²) in [6.45, 7) is 8.64. The molecular weight excluding hydrogens is 384 g/mol. The van der Waals surface area contributed by atoms with Crippen molar-refractivity contribution >= 4 is 11.0 Å². The number of para-hydroxylation sites is 2. The number of hydrogen-bond acceptors (Lipinski definition) is 2. The molecule has 4 nitrogen and oxygen atoms in total. The Hall–Kier alpha value is -2.33. The van der Waals surface area contributed by atoms with Gasteiger partial charge in [0.15, 0.2) is 11.0 Å². The van der Waals surface area contributed by atoms with E-state index >= 15 is 0 Å². The maximum absolute atomic E-state index is 6.57. The molecule has 1 aliphatic rings. The van der Waals surface area contributed by atoms with E-state index < -0.39 is 0 Å². The standard InChI is InChI=1S/C27H37N2O2/c1-19(2)23-15-10-20(3)18-26(23)31-17-16-29-25-9-7-6-8-24(25)28(4)27(29)21-11-13-22(30-5)14-12-21/h6-9,11-14,19-20,23,26H,10,15-18H2,1-5H3/q+1. The van der Waals surface area contributed by atoms with Crippen molar-refractivity contribution in [3.63, 3.8) is 0 Å². The molecule has 0 amide bonds. The van der Waals surface area contributed by atoms with Gasteiger partial charge in [-0.15, -0.1) is 0 Å². The van der Waals surface area contributed by atoms with Crippen LogP contribution in [0.25, 0.3) is 22.4 Å². The number of aromatic nitrogens is 2. The highest BCUT2D eigenvalue weighted by atomic mass is 16.5. The summed E-state index contributed by atoms with van der Waals surface area (Å²) in [5.41, 5.74) is 3.67. The van der Waals surface area contributed by atoms with E-state index in [9.17, 15) is 0 Å². The molecule has 0 radical (unpaired) electrons. The van der Waals surface area contributed by atoms with Crippen LogP contribution in [0.4, 0.5) is 0 Å². The van der Waals surface area contributed by atoms with Gasteiger partial charge in [0, 0.05) is 0 Å². The summed E-state index contributed by atoms with van der Waals surface area (Å²) in [7, 11) is 3.86. The summed E-state index contributed by atoms with van der Waals surface area (Å²) in [4.78, 5) is 0. The first-order valence-corrected chi connectivity index (χ1v) is 11.7. The summed E-state index contributed by atoms with van der Waals surface area (Å²) >= 11 is 0. The van der Waals surface area contributed by atoms with Crippen molar-refractivity contribution in [3.05, 3.63) is 48.5 Å². The van der Waals surface area contributed by atoms with Crippen molar-refractivity contribution in [2.24, 2.45) is 24.8 Å². The lowest BCUT2D eigenvalue weighted by Crippen LogP contribution is -2.35. The van der Waals surface area contributed by atoms with E-state index in [1.54, 1.807) is 7.11 Å². The molecule has 166 valence electrons. The van der Waals surface area contributed by atoms with E-state index in [2.05, 4.69) is 73.4 Å². The predicted molar refractivity (Wildman–Crippen MR) is 126 cm³/mol. The van der Waals surface area contributed by atoms with E-state index in [4.69, 9.17) is 9.47 Å². The summed E-state index contributed by atoms with van der Waals surface area (Å²) in [6.07, 6.45) is 4.20. The van der Waals surface area contributed by atoms with Crippen molar-refractivity contribution in [1.82, 2.24) is 4.57 Å². The number of fused-ring (bicyclic) bond motifs is 1. The topological polar surface area (TPSA) is 27.3 Å². The molecule has 3 atom stereocenters. The quantitative estimate of drug-likeness (QED) is 0.463. The van der Waals surface area contributed by atoms with Gasteiger partial charge in [0.2, 0.25) is 0 Å². The smallest absolute Gasteiger partial charge is 0.289 e. The van der Waals surface area contributed by atoms with Crippen LogP contribution in [-0.2, 0) is 18.3 Å². The minimum Gasteiger partial charge on any atom is -0.497 e. The number of benzene rings is 2. The first kappa shape index (κ1) is 21.9. The predicted octanol–water partition coefficient (Wildman–Crippen LogP) is 5.62. The zero-order valence-electron chi connectivity index (χ0n) is 19.7. The maximum atomic E-state index is 6.57. The molecule has 1 fully saturated rings. The third-order valence-corrected chi connectivity index (χ3v) is 7.06. The third-order valence-electron chi connectivity index (χ3n) is 7.06. The van der Waals surface area contributed by atoms with Gasteiger partial charge in [0.1, 0.15) is 12.3 Å². The van der Waals surface area contributed by atoms with Crippen LogP contribution < -0.4 is 9.30 Å². The fourth-order valence-electron chi connectivity index (χ4n) is 5.30. The summed E-state index contributed by atoms with van der Waals surface area (Å²) in [5, 5.41) is 0. The molecule has 0 aliphatic heterocycles. The fourth-order valence-corrected chi connectivity index (χ4v) is 5.30. The minimum atomic E-state index is 0.378. The van der Waals surface area contributed by atoms with E-state index in [1.165, 1.54) is 41.7 Å². The van der Waals surface area contributed by atoms with Crippen molar-refractivity contribution in [2.75, 3.05) is 13.7 Å². The molecule has 0 spiro atoms. The molecule has 1 aromatic heterocycles. The number of hydrogen-bond donors (Lipinski definition) is 0. The Kier molecular flexibility index (Phi) is 6.66. The van der Waals surface area contributed by atoms with Crippen LogP contribution in [0.3, 0.4) is 0 Å². The second-order valence-corrected chi connectivity index (χ2v) is 9.49. The Labute approximate surface area is 186 Å². The van der Waals surface area contributed by atoms with Gasteiger partial charge in [-0.2, -0.15) is 0 Å². The maximum Gasteiger partial charge on any atom is 0.289 e. The summed E-state index contributed by atoms with van der Waals surface area (Å²) < 4.78 is 16.6. The molecule has 1 heterocycles. The molecule has 4 rings (SSSR count). The third kappa shape index (κ3) is 4.50. The highest BCUT2D eigenvalue weighted by Gasteiger charge is 2.32. The zero-order valence-corrected chi connectivity index (χ0v) is 19.7. The van der Waals surface area contributed by atoms with Crippen molar-refractivity contribution in [3.8, 4) is 17.1 Å². The molecule has 0 N–H and O–H groups in total. The van der Waals surface area contributed by atoms with Crippen LogP contribution in [0.15, 0.2) is 48.5 Å². The van der Waals surface area contributed by atoms with Crippen LogP contribution >= 0.6 is 0 Å². The summed E-state index contributed by atoms with van der Waals surface area (Å²) in [6, 6.07) is 17.0. The second-order valence-electron chi connectivity index (χ2n) is 9.49. The molecule has 2 aromatic carbocycles. The number of nitrogens with zero attached hydrogens (tertiary/aromatic N) is 2. The second kappa shape index (κ2) is 9.44. The normalized spacial score (nSPS) is 21.7. The SMILES string of the molecule is COc1ccc(-c2n(CCOC3CC(C)CCC3C(C)C)c3ccccc3[n+]2C)cc1. The van der Waals surface area contributed by atoms with Gasteiger partial charge in [-0.05, 0) is 67.0 Å². The number of aryl methyl sites for hydroxylation is 1. The lowest BCUT2D eigenvalue weighted by Gasteiger charge is -2.37. The molecule has 3 unspecified atom stereocenters. The Balaban J connectivity index is 1.60. The minimum absolute atomic E-state index is 0.378. The monoisotopic (exact) mass is 421 g/mol. The van der Waals surface area contributed by atoms with Crippen LogP contribution in [0.1, 0.15) is 40.0 Å². The summed E-state index contributed by atoms with van der Waals surface area (Å²) in [5.74, 6) is 4.20. The number of rotatable bonds is 7. The fraction of sp³-hybridized carbons (Fsp3) is 0.519. The number of methoxy groups -OCH3 is 1. The van der Waals surface area contributed by atoms with Gasteiger partial charge >= 0.3 is 0 Å². The largest absolute Gasteiger partial charge is 0.497 e. The zero-order chi connectivity index (χ0) is 22.0. The molecule has 3 aromatic rings. The molecule has 0 bridgehead atoms. The van der Waals surface area contributed by atoms with Gasteiger partial charge in [-0.25, -0.2) is 9.13 Å². The lowest BCUT2D eigenvalue weighted by molar-refractivity contribution is -0.634. The van der Waals surface area contributed by atoms with Gasteiger partial charge < -0.3 is 9.47 Å². The van der Waals surface area contributed by atoms with Crippen LogP contribution in [-0.4, -0.2) is 24.4 Å². The van der Waals surface area contributed by atoms with E-state index in [0.29, 0.717) is 17.9 Å². The Morgan fingerprint density at radius 1 is 1.06 bits per heavy atom. The molecule has 1 saturated carbocycles. The van der Waals surface area contributed by atoms with Gasteiger partial charge in [0.25, 0.3) is 5.82 Å². The number of imidazole rings is 1. The highest BCUT2D eigenvalue weighted by molar-refractivity contribution is 5.76. The average Bonchev–Trinajstić information content (AvgIpc) is 3.05. The van der Waals surface area contributed by atoms with E-state index in [0.717, 1.165) is 24.8 Å². The first-order chi connectivity index (χ1) is 15.0. The molecule has 0 saturated heterocycles. The van der Waals surface area contributed by atoms with Crippen LogP contribution in [0, 0.1) is 17.8 Å². The van der Waals surface area contributed by atoms with Crippen LogP contribution in [0.5, 0.6) is 5.75 Å². The average molecular weight is 422 g/mol. The van der Waals surface area contributed by atoms with Gasteiger partial charge in [0.05, 0.1) is 32.4 Å². The van der Waals surface area contributed by atoms with E-state index in [-0.39, 0.29) is 0 Å². The molecular formula is C27H37N2O2+. The van der Waals surface area contributed by atoms with Crippen molar-refractivity contribution < 1.29 is 14.0 Å². The van der Waals surface area contributed by atoms with Crippen LogP contribution in [0.2, 0.25) is 0 Å². The molecule has 1 aliphatic carbocycles. The van der Waals surface area contributed by atoms with E-state index in [1.807, 2.05) is 12.1 Å². The molecule has 31 heavy (non-hydrogen) atoms. The van der Waals surface area contributed by atoms with Gasteiger partial charge in [-0.1, -0.05) is 39.3 Å². The van der Waals surface area contributed by atoms with Crippen molar-refractivity contribution in [2.45, 2.75) is 52.7 Å².